The van der Waals surface area contributed by atoms with Crippen LogP contribution in [-0.4, -0.2) is 11.5 Å². The van der Waals surface area contributed by atoms with E-state index in [4.69, 9.17) is 0 Å². The van der Waals surface area contributed by atoms with Crippen LogP contribution in [0.15, 0.2) is 34.9 Å². The van der Waals surface area contributed by atoms with Crippen LogP contribution in [-0.2, 0) is 0 Å². The second-order valence-corrected chi connectivity index (χ2v) is 6.01. The lowest BCUT2D eigenvalue weighted by atomic mass is 10.1. The average Bonchev–Trinajstić information content (AvgIpc) is 3.06. The predicted molar refractivity (Wildman–Crippen MR) is 75.3 cm³/mol. The van der Waals surface area contributed by atoms with Gasteiger partial charge in [-0.2, -0.15) is 0 Å². The summed E-state index contributed by atoms with van der Waals surface area (Å²) < 4.78 is 1.12. The molecule has 17 heavy (non-hydrogen) atoms. The Labute approximate surface area is 110 Å². The monoisotopic (exact) mass is 290 g/mol. The number of anilines is 1. The van der Waals surface area contributed by atoms with Crippen molar-refractivity contribution < 1.29 is 0 Å². The summed E-state index contributed by atoms with van der Waals surface area (Å²) in [7, 11) is 0. The number of nitrogens with zero attached hydrogens (tertiary/aromatic N) is 1. The molecule has 0 radical (unpaired) electrons. The number of fused-ring (bicyclic) bond motifs is 1. The minimum atomic E-state index is 0.496. The number of aromatic nitrogens is 1. The van der Waals surface area contributed by atoms with E-state index in [1.54, 1.807) is 0 Å². The van der Waals surface area contributed by atoms with Crippen molar-refractivity contribution in [1.82, 2.24) is 4.98 Å². The largest absolute Gasteiger partial charge is 0.369 e. The Morgan fingerprint density at radius 2 is 2.12 bits per heavy atom. The summed E-state index contributed by atoms with van der Waals surface area (Å²) in [6, 6.07) is 8.28. The lowest BCUT2D eigenvalue weighted by molar-refractivity contribution is 0.610. The molecule has 88 valence electrons. The van der Waals surface area contributed by atoms with Crippen LogP contribution in [0.4, 0.5) is 5.82 Å². The maximum atomic E-state index is 4.45. The molecule has 0 unspecified atom stereocenters. The van der Waals surface area contributed by atoms with Crippen LogP contribution in [0.25, 0.3) is 10.8 Å². The van der Waals surface area contributed by atoms with Gasteiger partial charge in [0.25, 0.3) is 0 Å². The summed E-state index contributed by atoms with van der Waals surface area (Å²) in [5.74, 6) is 0.997. The fourth-order valence-electron chi connectivity index (χ4n) is 2.00. The van der Waals surface area contributed by atoms with E-state index >= 15 is 0 Å². The van der Waals surface area contributed by atoms with E-state index in [0.717, 1.165) is 16.8 Å². The first-order valence-corrected chi connectivity index (χ1v) is 6.74. The Hall–Kier alpha value is -1.09. The summed E-state index contributed by atoms with van der Waals surface area (Å²) in [6.07, 6.45) is 4.52. The van der Waals surface area contributed by atoms with Crippen LogP contribution < -0.4 is 5.32 Å². The van der Waals surface area contributed by atoms with E-state index in [0.29, 0.717) is 5.41 Å². The Morgan fingerprint density at radius 1 is 1.29 bits per heavy atom. The Balaban J connectivity index is 1.95. The van der Waals surface area contributed by atoms with Crippen molar-refractivity contribution in [2.75, 3.05) is 11.9 Å². The van der Waals surface area contributed by atoms with Gasteiger partial charge < -0.3 is 5.32 Å². The molecule has 1 fully saturated rings. The number of hydrogen-bond donors (Lipinski definition) is 1. The highest BCUT2D eigenvalue weighted by molar-refractivity contribution is 9.10. The molecule has 0 atom stereocenters. The summed E-state index contributed by atoms with van der Waals surface area (Å²) in [5, 5.41) is 5.89. The standard InChI is InChI=1S/C14H15BrN2/c1-14(6-7-14)9-17-13-11-3-2-4-12(15)10(11)5-8-16-13/h2-5,8H,6-7,9H2,1H3,(H,16,17). The normalized spacial score (nSPS) is 17.1. The van der Waals surface area contributed by atoms with Crippen molar-refractivity contribution in [1.29, 1.82) is 0 Å². The van der Waals surface area contributed by atoms with Gasteiger partial charge in [0.15, 0.2) is 0 Å². The van der Waals surface area contributed by atoms with Crippen molar-refractivity contribution in [3.63, 3.8) is 0 Å². The van der Waals surface area contributed by atoms with Crippen molar-refractivity contribution in [2.24, 2.45) is 5.41 Å². The fraction of sp³-hybridized carbons (Fsp3) is 0.357. The third-order valence-corrected chi connectivity index (χ3v) is 4.23. The summed E-state index contributed by atoms with van der Waals surface area (Å²) in [6.45, 7) is 3.34. The molecule has 1 aliphatic carbocycles. The topological polar surface area (TPSA) is 24.9 Å². The van der Waals surface area contributed by atoms with Gasteiger partial charge in [-0.15, -0.1) is 0 Å². The van der Waals surface area contributed by atoms with Gasteiger partial charge in [-0.05, 0) is 30.4 Å². The second kappa shape index (κ2) is 3.98. The number of benzene rings is 1. The van der Waals surface area contributed by atoms with Gasteiger partial charge in [-0.3, -0.25) is 0 Å². The molecule has 3 heteroatoms. The van der Waals surface area contributed by atoms with Crippen LogP contribution >= 0.6 is 15.9 Å². The summed E-state index contributed by atoms with van der Waals surface area (Å²) in [5.41, 5.74) is 0.496. The minimum Gasteiger partial charge on any atom is -0.369 e. The fourth-order valence-corrected chi connectivity index (χ4v) is 2.50. The van der Waals surface area contributed by atoms with Gasteiger partial charge in [0.05, 0.1) is 0 Å². The molecule has 1 aliphatic rings. The maximum absolute atomic E-state index is 4.45. The van der Waals surface area contributed by atoms with Gasteiger partial charge in [0.1, 0.15) is 5.82 Å². The molecular formula is C14H15BrN2. The quantitative estimate of drug-likeness (QED) is 0.916. The molecular weight excluding hydrogens is 276 g/mol. The third kappa shape index (κ3) is 2.16. The van der Waals surface area contributed by atoms with Crippen LogP contribution in [0, 0.1) is 5.41 Å². The van der Waals surface area contributed by atoms with E-state index in [-0.39, 0.29) is 0 Å². The number of halogens is 1. The molecule has 2 aromatic rings. The van der Waals surface area contributed by atoms with Gasteiger partial charge in [-0.1, -0.05) is 35.0 Å². The smallest absolute Gasteiger partial charge is 0.133 e. The van der Waals surface area contributed by atoms with Crippen molar-refractivity contribution in [2.45, 2.75) is 19.8 Å². The summed E-state index contributed by atoms with van der Waals surface area (Å²) >= 11 is 3.58. The van der Waals surface area contributed by atoms with E-state index in [1.807, 2.05) is 12.3 Å². The third-order valence-electron chi connectivity index (χ3n) is 3.54. The SMILES string of the molecule is CC1(CNc2nccc3c(Br)cccc23)CC1. The summed E-state index contributed by atoms with van der Waals surface area (Å²) in [4.78, 5) is 4.45. The minimum absolute atomic E-state index is 0.496. The van der Waals surface area contributed by atoms with Crippen molar-refractivity contribution >= 4 is 32.5 Å². The highest BCUT2D eigenvalue weighted by atomic mass is 79.9. The Kier molecular flexibility index (Phi) is 2.58. The zero-order valence-electron chi connectivity index (χ0n) is 9.83. The Morgan fingerprint density at radius 3 is 2.88 bits per heavy atom. The Bertz CT molecular complexity index is 561. The molecule has 1 N–H and O–H groups in total. The lowest BCUT2D eigenvalue weighted by Crippen LogP contribution is -2.12. The first kappa shape index (κ1) is 11.0. The molecule has 0 amide bonds. The number of pyridine rings is 1. The molecule has 1 heterocycles. The second-order valence-electron chi connectivity index (χ2n) is 5.16. The maximum Gasteiger partial charge on any atom is 0.133 e. The van der Waals surface area contributed by atoms with Crippen molar-refractivity contribution in [3.8, 4) is 0 Å². The molecule has 0 spiro atoms. The lowest BCUT2D eigenvalue weighted by Gasteiger charge is -2.12. The molecule has 1 saturated carbocycles. The highest BCUT2D eigenvalue weighted by Gasteiger charge is 2.36. The first-order valence-electron chi connectivity index (χ1n) is 5.95. The predicted octanol–water partition coefficient (Wildman–Crippen LogP) is 4.21. The molecule has 1 aromatic heterocycles. The van der Waals surface area contributed by atoms with E-state index in [1.165, 1.54) is 23.6 Å². The number of hydrogen-bond acceptors (Lipinski definition) is 2. The van der Waals surface area contributed by atoms with Gasteiger partial charge >= 0.3 is 0 Å². The van der Waals surface area contributed by atoms with Crippen LogP contribution in [0.2, 0.25) is 0 Å². The first-order chi connectivity index (χ1) is 8.18. The van der Waals surface area contributed by atoms with Crippen LogP contribution in [0.1, 0.15) is 19.8 Å². The van der Waals surface area contributed by atoms with Crippen LogP contribution in [0.5, 0.6) is 0 Å². The van der Waals surface area contributed by atoms with E-state index < -0.39 is 0 Å². The average molecular weight is 291 g/mol. The van der Waals surface area contributed by atoms with E-state index in [9.17, 15) is 0 Å². The van der Waals surface area contributed by atoms with Gasteiger partial charge in [0, 0.05) is 28.0 Å². The number of rotatable bonds is 3. The van der Waals surface area contributed by atoms with Gasteiger partial charge in [-0.25, -0.2) is 4.98 Å². The molecule has 2 nitrogen and oxygen atoms in total. The zero-order chi connectivity index (χ0) is 11.9. The molecule has 1 aromatic carbocycles. The van der Waals surface area contributed by atoms with Gasteiger partial charge in [0.2, 0.25) is 0 Å². The highest BCUT2D eigenvalue weighted by Crippen LogP contribution is 2.44. The zero-order valence-corrected chi connectivity index (χ0v) is 11.4. The molecule has 0 aliphatic heterocycles. The molecule has 3 rings (SSSR count). The molecule has 0 saturated heterocycles. The number of nitrogens with one attached hydrogen (secondary N) is 1. The van der Waals surface area contributed by atoms with E-state index in [2.05, 4.69) is 51.4 Å². The van der Waals surface area contributed by atoms with Crippen molar-refractivity contribution in [3.05, 3.63) is 34.9 Å². The van der Waals surface area contributed by atoms with Crippen LogP contribution in [0.3, 0.4) is 0 Å². The molecule has 0 bridgehead atoms.